The largest absolute Gasteiger partial charge is 0.506 e. The first-order valence-electron chi connectivity index (χ1n) is 6.51. The van der Waals surface area contributed by atoms with Crippen molar-refractivity contribution in [3.8, 4) is 51.7 Å². The summed E-state index contributed by atoms with van der Waals surface area (Å²) in [6.07, 6.45) is 0. The highest BCUT2D eigenvalue weighted by Gasteiger charge is 2.29. The summed E-state index contributed by atoms with van der Waals surface area (Å²) in [4.78, 5) is 0. The molecule has 9 nitrogen and oxygen atoms in total. The summed E-state index contributed by atoms with van der Waals surface area (Å²) < 4.78 is 0. The lowest BCUT2D eigenvalue weighted by atomic mass is 9.82. The van der Waals surface area contributed by atoms with Crippen LogP contribution in [0.1, 0.15) is 0 Å². The lowest BCUT2D eigenvalue weighted by molar-refractivity contribution is 0.348. The predicted octanol–water partition coefficient (Wildman–Crippen LogP) is -0.398. The van der Waals surface area contributed by atoms with Crippen LogP contribution in [0.25, 0.3) is 21.5 Å². The van der Waals surface area contributed by atoms with Crippen LogP contribution in [0.2, 0.25) is 0 Å². The number of hydrogen-bond acceptors (Lipinski definition) is 9. The van der Waals surface area contributed by atoms with Crippen LogP contribution < -0.4 is 5.46 Å². The molecule has 0 unspecified atom stereocenters. The Morgan fingerprint density at radius 3 is 0.875 bits per heavy atom. The number of fused-ring (bicyclic) bond motifs is 2. The smallest absolute Gasteiger partial charge is 0.205 e. The van der Waals surface area contributed by atoms with E-state index in [2.05, 4.69) is 0 Å². The van der Waals surface area contributed by atoms with Gasteiger partial charge in [-0.15, -0.1) is 0 Å². The molecule has 0 aliphatic carbocycles. The van der Waals surface area contributed by atoms with Gasteiger partial charge in [0.25, 0.3) is 0 Å². The van der Waals surface area contributed by atoms with Gasteiger partial charge in [-0.3, -0.25) is 0 Å². The Labute approximate surface area is 133 Å². The third-order valence-electron chi connectivity index (χ3n) is 4.02. The van der Waals surface area contributed by atoms with Crippen molar-refractivity contribution in [2.75, 3.05) is 0 Å². The average molecular weight is 334 g/mol. The molecule has 3 aromatic carbocycles. The molecule has 10 heteroatoms. The van der Waals surface area contributed by atoms with Crippen LogP contribution in [0.4, 0.5) is 0 Å². The quantitative estimate of drug-likeness (QED) is 0.114. The minimum atomic E-state index is -1.11. The highest BCUT2D eigenvalue weighted by molar-refractivity contribution is 6.48. The van der Waals surface area contributed by atoms with Crippen LogP contribution in [0.3, 0.4) is 0 Å². The number of benzene rings is 3. The van der Waals surface area contributed by atoms with E-state index in [1.165, 1.54) is 7.85 Å². The van der Waals surface area contributed by atoms with Crippen molar-refractivity contribution in [2.45, 2.75) is 0 Å². The Hall–Kier alpha value is -3.56. The molecule has 0 aliphatic heterocycles. The minimum absolute atomic E-state index is 0.0657. The molecule has 0 aromatic heterocycles. The zero-order chi connectivity index (χ0) is 18.1. The van der Waals surface area contributed by atoms with Gasteiger partial charge in [0, 0.05) is 10.8 Å². The summed E-state index contributed by atoms with van der Waals surface area (Å²) in [5.74, 6) is -9.04. The zero-order valence-corrected chi connectivity index (χ0v) is 12.0. The fraction of sp³-hybridized carbons (Fsp3) is 0. The highest BCUT2D eigenvalue weighted by atomic mass is 16.4. The second-order valence-corrected chi connectivity index (χ2v) is 5.26. The fourth-order valence-corrected chi connectivity index (χ4v) is 2.84. The third kappa shape index (κ3) is 1.54. The Kier molecular flexibility index (Phi) is 2.86. The van der Waals surface area contributed by atoms with E-state index in [-0.39, 0.29) is 16.2 Å². The molecule has 0 heterocycles. The van der Waals surface area contributed by atoms with E-state index in [4.69, 9.17) is 0 Å². The van der Waals surface area contributed by atoms with Gasteiger partial charge in [0.1, 0.15) is 13.6 Å². The lowest BCUT2D eigenvalue weighted by Crippen LogP contribution is -2.07. The van der Waals surface area contributed by atoms with E-state index in [9.17, 15) is 46.0 Å². The van der Waals surface area contributed by atoms with Crippen LogP contribution in [0.5, 0.6) is 51.7 Å². The Balaban J connectivity index is 2.82. The number of phenols is 9. The maximum Gasteiger partial charge on any atom is 0.205 e. The molecule has 9 N–H and O–H groups in total. The van der Waals surface area contributed by atoms with Crippen molar-refractivity contribution in [2.24, 2.45) is 0 Å². The van der Waals surface area contributed by atoms with Crippen LogP contribution in [-0.4, -0.2) is 53.8 Å². The summed E-state index contributed by atoms with van der Waals surface area (Å²) in [5, 5.41) is 87.1. The second kappa shape index (κ2) is 4.48. The lowest BCUT2D eigenvalue weighted by Gasteiger charge is -2.18. The minimum Gasteiger partial charge on any atom is -0.506 e. The summed E-state index contributed by atoms with van der Waals surface area (Å²) in [6.45, 7) is 0. The van der Waals surface area contributed by atoms with Crippen LogP contribution in [0, 0.1) is 0 Å². The van der Waals surface area contributed by atoms with E-state index < -0.39 is 62.5 Å². The van der Waals surface area contributed by atoms with E-state index in [1.54, 1.807) is 0 Å². The van der Waals surface area contributed by atoms with Crippen molar-refractivity contribution < 1.29 is 46.0 Å². The van der Waals surface area contributed by atoms with E-state index >= 15 is 0 Å². The molecule has 0 spiro atoms. The normalized spacial score (nSPS) is 11.3. The van der Waals surface area contributed by atoms with Gasteiger partial charge in [-0.2, -0.15) is 0 Å². The highest BCUT2D eigenvalue weighted by Crippen LogP contribution is 2.57. The van der Waals surface area contributed by atoms with Gasteiger partial charge in [0.2, 0.25) is 23.0 Å². The van der Waals surface area contributed by atoms with E-state index in [0.29, 0.717) is 0 Å². The summed E-state index contributed by atoms with van der Waals surface area (Å²) >= 11 is 0. The van der Waals surface area contributed by atoms with Crippen LogP contribution >= 0.6 is 0 Å². The molecule has 0 radical (unpaired) electrons. The van der Waals surface area contributed by atoms with Gasteiger partial charge >= 0.3 is 0 Å². The number of phenolic OH excluding ortho intramolecular Hbond substituents is 9. The van der Waals surface area contributed by atoms with Gasteiger partial charge in [-0.1, -0.05) is 5.46 Å². The number of hydrogen-bond donors (Lipinski definition) is 9. The molecule has 0 bridgehead atoms. The van der Waals surface area contributed by atoms with Crippen molar-refractivity contribution >= 4 is 34.9 Å². The van der Waals surface area contributed by atoms with Gasteiger partial charge in [0.15, 0.2) is 23.0 Å². The summed E-state index contributed by atoms with van der Waals surface area (Å²) in [6, 6.07) is 0. The van der Waals surface area contributed by atoms with Gasteiger partial charge in [-0.05, 0) is 0 Å². The average Bonchev–Trinajstić information content (AvgIpc) is 2.55. The van der Waals surface area contributed by atoms with Gasteiger partial charge in [0.05, 0.1) is 10.8 Å². The number of rotatable bonds is 0. The molecule has 0 amide bonds. The summed E-state index contributed by atoms with van der Waals surface area (Å²) in [7, 11) is 1.29. The van der Waals surface area contributed by atoms with E-state index in [1.807, 2.05) is 0 Å². The molecule has 0 aliphatic rings. The Morgan fingerprint density at radius 2 is 0.583 bits per heavy atom. The van der Waals surface area contributed by atoms with Crippen molar-refractivity contribution in [3.63, 3.8) is 0 Å². The Morgan fingerprint density at radius 1 is 0.333 bits per heavy atom. The number of aromatic hydroxyl groups is 9. The third-order valence-corrected chi connectivity index (χ3v) is 4.02. The standard InChI is InChI=1S/C14H11BO9/c15-5-1-3(9(19)13(23)11(21)7(1)17)6(16)4-2(5)8(18)12(22)14(24)10(4)20/h16-24H,15H2. The van der Waals surface area contributed by atoms with E-state index in [0.717, 1.165) is 0 Å². The maximum absolute atomic E-state index is 10.3. The van der Waals surface area contributed by atoms with Crippen LogP contribution in [-0.2, 0) is 0 Å². The first kappa shape index (κ1) is 15.3. The topological polar surface area (TPSA) is 182 Å². The predicted molar refractivity (Wildman–Crippen MR) is 84.6 cm³/mol. The molecule has 0 saturated heterocycles. The first-order chi connectivity index (χ1) is 11.1. The molecule has 0 atom stereocenters. The maximum atomic E-state index is 10.3. The molecule has 24 heavy (non-hydrogen) atoms. The molecule has 3 aromatic rings. The summed E-state index contributed by atoms with van der Waals surface area (Å²) in [5.41, 5.74) is -0.0657. The van der Waals surface area contributed by atoms with Crippen LogP contribution in [0.15, 0.2) is 0 Å². The SMILES string of the molecule is Bc1c2c(O)c(O)c(O)c(O)c2c(O)c2c(O)c(O)c(O)c(O)c12. The molecular formula is C14H11BO9. The monoisotopic (exact) mass is 334 g/mol. The van der Waals surface area contributed by atoms with Crippen molar-refractivity contribution in [3.05, 3.63) is 0 Å². The van der Waals surface area contributed by atoms with Gasteiger partial charge < -0.3 is 46.0 Å². The van der Waals surface area contributed by atoms with Crippen molar-refractivity contribution in [1.29, 1.82) is 0 Å². The fourth-order valence-electron chi connectivity index (χ4n) is 2.84. The molecule has 0 saturated carbocycles. The Bertz CT molecular complexity index is 894. The van der Waals surface area contributed by atoms with Gasteiger partial charge in [-0.25, -0.2) is 0 Å². The van der Waals surface area contributed by atoms with Crippen molar-refractivity contribution in [1.82, 2.24) is 0 Å². The molecule has 124 valence electrons. The molecular weight excluding hydrogens is 323 g/mol. The zero-order valence-electron chi connectivity index (χ0n) is 12.0. The molecule has 0 fully saturated rings. The molecule has 3 rings (SSSR count). The second-order valence-electron chi connectivity index (χ2n) is 5.26. The first-order valence-corrected chi connectivity index (χ1v) is 6.51.